The number of hydrogen-bond acceptors (Lipinski definition) is 23. The standard InChI is InChI=1S/C44H38N10O14S6.CH4O3S/c1-23-16-33(50-52-39-25(3)29(22-45)42-46-30-8-4-5-9-35(30)54(42)43(39)55)36(68-12-6-14-71(56,57)58)20-31(23)48-51-34-17-24(2)32(21-37(34)69-13-7-15-72(59,60)61)49-53-44-47-40-38(74(65,66)67)18-26-10-11-27(73(62,63)64)19-28(26)41(40)70-44;1-5(2,3)4/h4-5,8-11,16-21,55H,6-7,12-15H2,1-3H3,(H,56,57,58)(H,59,60,61)(H,62,63,64)(H,65,66,67);1H3,(H,2,3,4). The van der Waals surface area contributed by atoms with Crippen LogP contribution in [0.25, 0.3) is 37.7 Å². The van der Waals surface area contributed by atoms with Crippen LogP contribution >= 0.6 is 23.1 Å². The topological polar surface area (TPSA) is 429 Å². The van der Waals surface area contributed by atoms with E-state index in [2.05, 4.69) is 46.7 Å². The third-order valence-electron chi connectivity index (χ3n) is 11.0. The summed E-state index contributed by atoms with van der Waals surface area (Å²) >= 11 is 1.96. The van der Waals surface area contributed by atoms with Crippen molar-refractivity contribution in [2.75, 3.05) is 30.1 Å². The van der Waals surface area contributed by atoms with Crippen LogP contribution in [0.5, 0.6) is 11.6 Å². The summed E-state index contributed by atoms with van der Waals surface area (Å²) in [7, 11) is -21.8. The molecule has 0 saturated carbocycles. The number of nitrogens with zero attached hydrogens (tertiary/aromatic N) is 10. The molecule has 3 heterocycles. The number of aromatic nitrogens is 3. The molecule has 34 heteroatoms. The third kappa shape index (κ3) is 15.0. The molecule has 0 saturated heterocycles. The summed E-state index contributed by atoms with van der Waals surface area (Å²) in [4.78, 5) is 8.13. The molecule has 5 aromatic carbocycles. The SMILES string of the molecule is CS(=O)(=O)O.Cc1cc(N=Nc2cc(OCCCS(=O)(=O)O)c(N=Nc3c(C)c(C#N)c4nc5ccccc5n4c3O)cc2C)c(SCCCS(=O)(=O)O)cc1N=Nc1nc2c(S(=O)(=O)O)cc3ccc(S(=O)(=O)O)cc3c2s1. The van der Waals surface area contributed by atoms with Crippen LogP contribution in [0.3, 0.4) is 0 Å². The quantitative estimate of drug-likeness (QED) is 0.0201. The summed E-state index contributed by atoms with van der Waals surface area (Å²) in [6, 6.07) is 19.8. The first-order valence-corrected chi connectivity index (χ1v) is 32.0. The highest BCUT2D eigenvalue weighted by Gasteiger charge is 2.24. The Morgan fingerprint density at radius 2 is 1.32 bits per heavy atom. The molecule has 0 amide bonds. The normalized spacial score (nSPS) is 12.9. The number of aryl methyl sites for hydroxylation is 2. The minimum Gasteiger partial charge on any atom is -0.493 e. The lowest BCUT2D eigenvalue weighted by molar-refractivity contribution is 0.317. The van der Waals surface area contributed by atoms with Gasteiger partial charge in [-0.3, -0.25) is 27.2 Å². The van der Waals surface area contributed by atoms with E-state index in [0.717, 1.165) is 41.3 Å². The van der Waals surface area contributed by atoms with Crippen LogP contribution in [0.15, 0.2) is 118 Å². The van der Waals surface area contributed by atoms with Gasteiger partial charge in [-0.2, -0.15) is 52.5 Å². The van der Waals surface area contributed by atoms with E-state index in [-0.39, 0.29) is 108 Å². The Bertz CT molecular complexity index is 4500. The number of pyridine rings is 1. The van der Waals surface area contributed by atoms with E-state index in [9.17, 15) is 70.7 Å². The van der Waals surface area contributed by atoms with Crippen LogP contribution < -0.4 is 4.74 Å². The van der Waals surface area contributed by atoms with Gasteiger partial charge in [-0.05, 0) is 104 Å². The average molecular weight is 1220 g/mol. The molecule has 0 aliphatic heterocycles. The van der Waals surface area contributed by atoms with E-state index in [1.54, 1.807) is 57.2 Å². The number of benzene rings is 5. The average Bonchev–Trinajstić information content (AvgIpc) is 4.17. The Morgan fingerprint density at radius 3 is 1.96 bits per heavy atom. The van der Waals surface area contributed by atoms with Crippen LogP contribution in [0.4, 0.5) is 33.6 Å². The Balaban J connectivity index is 0.00000173. The molecule has 0 atom stereocenters. The molecule has 6 N–H and O–H groups in total. The second-order valence-electron chi connectivity index (χ2n) is 16.9. The van der Waals surface area contributed by atoms with E-state index < -0.39 is 71.9 Å². The molecular formula is C45H42N10O17S7. The van der Waals surface area contributed by atoms with Crippen LogP contribution in [0.2, 0.25) is 0 Å². The maximum Gasteiger partial charge on any atom is 0.296 e. The van der Waals surface area contributed by atoms with Crippen molar-refractivity contribution in [3.8, 4) is 17.7 Å². The lowest BCUT2D eigenvalue weighted by Gasteiger charge is -2.12. The summed E-state index contributed by atoms with van der Waals surface area (Å²) in [6.07, 6.45) is 0.610. The number of imidazole rings is 1. The number of fused-ring (bicyclic) bond motifs is 6. The van der Waals surface area contributed by atoms with Crippen LogP contribution in [-0.4, -0.2) is 114 Å². The minimum absolute atomic E-state index is 0.0230. The molecular weight excluding hydrogens is 1180 g/mol. The number of thioether (sulfide) groups is 1. The zero-order valence-corrected chi connectivity index (χ0v) is 46.9. The molecule has 0 aliphatic rings. The second kappa shape index (κ2) is 23.4. The van der Waals surface area contributed by atoms with E-state index in [4.69, 9.17) is 9.29 Å². The number of rotatable bonds is 18. The molecule has 0 unspecified atom stereocenters. The zero-order chi connectivity index (χ0) is 58.0. The number of aromatic hydroxyl groups is 1. The van der Waals surface area contributed by atoms with Gasteiger partial charge in [0.05, 0.1) is 62.1 Å². The van der Waals surface area contributed by atoms with Gasteiger partial charge >= 0.3 is 0 Å². The summed E-state index contributed by atoms with van der Waals surface area (Å²) in [5.41, 5.74) is 3.16. The highest BCUT2D eigenvalue weighted by Crippen LogP contribution is 2.44. The number of azo groups is 3. The number of ether oxygens (including phenoxy) is 1. The molecule has 8 aromatic rings. The van der Waals surface area contributed by atoms with Crippen LogP contribution in [-0.2, 0) is 50.6 Å². The third-order valence-corrected chi connectivity index (χ3v) is 16.4. The van der Waals surface area contributed by atoms with Crippen molar-refractivity contribution in [1.82, 2.24) is 14.4 Å². The molecule has 27 nitrogen and oxygen atoms in total. The lowest BCUT2D eigenvalue weighted by atomic mass is 10.1. The maximum absolute atomic E-state index is 12.4. The van der Waals surface area contributed by atoms with Crippen molar-refractivity contribution in [2.45, 2.75) is 48.3 Å². The molecule has 416 valence electrons. The van der Waals surface area contributed by atoms with Crippen molar-refractivity contribution in [3.63, 3.8) is 0 Å². The number of para-hydroxylation sites is 2. The fourth-order valence-corrected chi connectivity index (χ4v) is 11.7. The Labute approximate surface area is 458 Å². The van der Waals surface area contributed by atoms with Gasteiger partial charge in [0.25, 0.3) is 50.6 Å². The predicted molar refractivity (Wildman–Crippen MR) is 291 cm³/mol. The van der Waals surface area contributed by atoms with Gasteiger partial charge in [-0.15, -0.1) is 37.3 Å². The molecule has 0 fully saturated rings. The zero-order valence-electron chi connectivity index (χ0n) is 41.2. The van der Waals surface area contributed by atoms with Crippen LogP contribution in [0, 0.1) is 32.1 Å². The van der Waals surface area contributed by atoms with Gasteiger partial charge < -0.3 is 9.84 Å². The Kier molecular flexibility index (Phi) is 17.6. The van der Waals surface area contributed by atoms with Crippen molar-refractivity contribution in [3.05, 3.63) is 95.1 Å². The minimum atomic E-state index is -4.86. The predicted octanol–water partition coefficient (Wildman–Crippen LogP) is 10.0. The van der Waals surface area contributed by atoms with Gasteiger partial charge in [0.15, 0.2) is 11.3 Å². The molecule has 0 radical (unpaired) electrons. The largest absolute Gasteiger partial charge is 0.493 e. The smallest absolute Gasteiger partial charge is 0.296 e. The number of nitriles is 1. The Morgan fingerprint density at radius 1 is 0.709 bits per heavy atom. The van der Waals surface area contributed by atoms with Crippen molar-refractivity contribution in [1.29, 1.82) is 5.26 Å². The monoisotopic (exact) mass is 1220 g/mol. The fraction of sp³-hybridized carbons (Fsp3) is 0.222. The lowest BCUT2D eigenvalue weighted by Crippen LogP contribution is -2.08. The Hall–Kier alpha value is -7.01. The van der Waals surface area contributed by atoms with Gasteiger partial charge in [-0.25, -0.2) is 9.97 Å². The van der Waals surface area contributed by atoms with Crippen molar-refractivity contribution >= 4 is 145 Å². The summed E-state index contributed by atoms with van der Waals surface area (Å²) in [5.74, 6) is -1.31. The van der Waals surface area contributed by atoms with E-state index >= 15 is 0 Å². The number of hydrogen-bond donors (Lipinski definition) is 6. The summed E-state index contributed by atoms with van der Waals surface area (Å²) in [5, 5.41) is 48.2. The van der Waals surface area contributed by atoms with Gasteiger partial charge in [-0.1, -0.05) is 29.5 Å². The van der Waals surface area contributed by atoms with E-state index in [0.29, 0.717) is 33.3 Å². The molecule has 0 spiro atoms. The maximum atomic E-state index is 12.4. The van der Waals surface area contributed by atoms with Crippen molar-refractivity contribution in [2.24, 2.45) is 30.7 Å². The highest BCUT2D eigenvalue weighted by atomic mass is 32.2. The van der Waals surface area contributed by atoms with Crippen molar-refractivity contribution < 1.29 is 74.7 Å². The van der Waals surface area contributed by atoms with E-state index in [1.807, 2.05) is 0 Å². The highest BCUT2D eigenvalue weighted by molar-refractivity contribution is 7.99. The fourth-order valence-electron chi connectivity index (χ4n) is 7.43. The first-order valence-electron chi connectivity index (χ1n) is 22.3. The van der Waals surface area contributed by atoms with Gasteiger partial charge in [0, 0.05) is 21.9 Å². The van der Waals surface area contributed by atoms with Gasteiger partial charge in [0.2, 0.25) is 11.0 Å². The molecule has 0 bridgehead atoms. The second-order valence-corrected chi connectivity index (χ2v) is 26.5. The van der Waals surface area contributed by atoms with Gasteiger partial charge in [0.1, 0.15) is 33.5 Å². The molecule has 79 heavy (non-hydrogen) atoms. The molecule has 8 rings (SSSR count). The summed E-state index contributed by atoms with van der Waals surface area (Å²) < 4.78 is 167. The first-order chi connectivity index (χ1) is 36.8. The number of thiazole rings is 1. The summed E-state index contributed by atoms with van der Waals surface area (Å²) in [6.45, 7) is 4.69. The first kappa shape index (κ1) is 59.6. The molecule has 0 aliphatic carbocycles. The molecule has 3 aromatic heterocycles. The van der Waals surface area contributed by atoms with Crippen LogP contribution in [0.1, 0.15) is 35.1 Å². The van der Waals surface area contributed by atoms with E-state index in [1.165, 1.54) is 22.6 Å².